The molecule has 114 valence electrons. The van der Waals surface area contributed by atoms with Gasteiger partial charge in [-0.1, -0.05) is 13.3 Å². The molecule has 0 radical (unpaired) electrons. The van der Waals surface area contributed by atoms with E-state index in [1.54, 1.807) is 6.07 Å². The van der Waals surface area contributed by atoms with Crippen LogP contribution in [0.5, 0.6) is 0 Å². The lowest BCUT2D eigenvalue weighted by Gasteiger charge is -2.11. The van der Waals surface area contributed by atoms with Crippen molar-refractivity contribution in [3.05, 3.63) is 52.1 Å². The zero-order chi connectivity index (χ0) is 16.1. The number of aryl methyl sites for hydroxylation is 1. The number of aromatic nitrogens is 1. The second-order valence-electron chi connectivity index (χ2n) is 4.69. The molecular weight excluding hydrogens is 289 g/mol. The number of nitro groups is 1. The van der Waals surface area contributed by atoms with E-state index in [2.05, 4.69) is 10.3 Å². The molecule has 0 spiro atoms. The summed E-state index contributed by atoms with van der Waals surface area (Å²) in [5.74, 6) is -0.521. The highest BCUT2D eigenvalue weighted by Gasteiger charge is 2.20. The molecule has 1 N–H and O–H groups in total. The van der Waals surface area contributed by atoms with E-state index >= 15 is 0 Å². The molecule has 0 aliphatic carbocycles. The molecule has 0 atom stereocenters. The largest absolute Gasteiger partial charge is 0.323 e. The topological polar surface area (TPSA) is 85.1 Å². The van der Waals surface area contributed by atoms with Gasteiger partial charge in [0.15, 0.2) is 0 Å². The minimum Gasteiger partial charge on any atom is -0.323 e. The predicted octanol–water partition coefficient (Wildman–Crippen LogP) is 3.32. The molecule has 2 rings (SSSR count). The summed E-state index contributed by atoms with van der Waals surface area (Å²) in [7, 11) is 0. The van der Waals surface area contributed by atoms with Gasteiger partial charge in [-0.3, -0.25) is 19.9 Å². The summed E-state index contributed by atoms with van der Waals surface area (Å²) in [6, 6.07) is 4.27. The van der Waals surface area contributed by atoms with Crippen molar-refractivity contribution in [1.82, 2.24) is 4.98 Å². The summed E-state index contributed by atoms with van der Waals surface area (Å²) in [6.07, 6.45) is 4.20. The molecule has 0 aliphatic rings. The molecule has 1 aromatic carbocycles. The quantitative estimate of drug-likeness (QED) is 0.504. The molecule has 6 nitrogen and oxygen atoms in total. The Hall–Kier alpha value is -2.83. The Labute approximate surface area is 126 Å². The Bertz CT molecular complexity index is 719. The van der Waals surface area contributed by atoms with Gasteiger partial charge in [0.2, 0.25) is 6.41 Å². The van der Waals surface area contributed by atoms with E-state index in [1.165, 1.54) is 18.3 Å². The highest BCUT2D eigenvalue weighted by molar-refractivity contribution is 5.83. The molecule has 0 fully saturated rings. The van der Waals surface area contributed by atoms with E-state index in [9.17, 15) is 19.3 Å². The van der Waals surface area contributed by atoms with E-state index in [4.69, 9.17) is 0 Å². The van der Waals surface area contributed by atoms with Crippen LogP contribution in [0.15, 0.2) is 30.6 Å². The number of rotatable bonds is 6. The van der Waals surface area contributed by atoms with Crippen LogP contribution in [-0.2, 0) is 11.2 Å². The van der Waals surface area contributed by atoms with Gasteiger partial charge in [0, 0.05) is 17.8 Å². The van der Waals surface area contributed by atoms with Crippen molar-refractivity contribution < 1.29 is 14.1 Å². The molecule has 7 heteroatoms. The van der Waals surface area contributed by atoms with E-state index in [0.717, 1.165) is 12.6 Å². The third-order valence-electron chi connectivity index (χ3n) is 3.16. The van der Waals surface area contributed by atoms with E-state index in [-0.39, 0.29) is 11.4 Å². The van der Waals surface area contributed by atoms with Crippen LogP contribution in [0.1, 0.15) is 18.9 Å². The van der Waals surface area contributed by atoms with Crippen LogP contribution in [-0.4, -0.2) is 16.3 Å². The number of benzene rings is 1. The Morgan fingerprint density at radius 1 is 1.32 bits per heavy atom. The van der Waals surface area contributed by atoms with Crippen LogP contribution in [0, 0.1) is 15.9 Å². The van der Waals surface area contributed by atoms with Gasteiger partial charge in [-0.2, -0.15) is 0 Å². The molecule has 1 amide bonds. The number of nitrogens with one attached hydrogen (secondary N) is 1. The lowest BCUT2D eigenvalue weighted by molar-refractivity contribution is -0.383. The van der Waals surface area contributed by atoms with Gasteiger partial charge >= 0.3 is 0 Å². The van der Waals surface area contributed by atoms with Crippen molar-refractivity contribution in [1.29, 1.82) is 0 Å². The summed E-state index contributed by atoms with van der Waals surface area (Å²) >= 11 is 0. The zero-order valence-corrected chi connectivity index (χ0v) is 11.9. The first kappa shape index (κ1) is 15.6. The van der Waals surface area contributed by atoms with Crippen molar-refractivity contribution in [2.45, 2.75) is 19.8 Å². The van der Waals surface area contributed by atoms with Crippen LogP contribution in [0.3, 0.4) is 0 Å². The van der Waals surface area contributed by atoms with Gasteiger partial charge in [-0.05, 0) is 29.7 Å². The van der Waals surface area contributed by atoms with E-state index in [0.29, 0.717) is 29.5 Å². The Balaban J connectivity index is 2.66. The van der Waals surface area contributed by atoms with Crippen molar-refractivity contribution in [2.24, 2.45) is 0 Å². The number of nitrogens with zero attached hydrogens (tertiary/aromatic N) is 2. The zero-order valence-electron chi connectivity index (χ0n) is 11.9. The van der Waals surface area contributed by atoms with Crippen LogP contribution in [0.2, 0.25) is 0 Å². The number of nitro benzene ring substituents is 1. The molecule has 0 bridgehead atoms. The van der Waals surface area contributed by atoms with E-state index < -0.39 is 10.7 Å². The normalized spacial score (nSPS) is 10.3. The minimum atomic E-state index is -0.568. The van der Waals surface area contributed by atoms with Crippen molar-refractivity contribution in [3.63, 3.8) is 0 Å². The summed E-state index contributed by atoms with van der Waals surface area (Å²) in [5.41, 5.74) is 1.51. The lowest BCUT2D eigenvalue weighted by Crippen LogP contribution is -2.04. The smallest absolute Gasteiger partial charge is 0.293 e. The SMILES string of the molecule is CCCc1cc(-c2cncc(F)c2)cc([N+](=O)[O-])c1NC=O. The second kappa shape index (κ2) is 6.75. The van der Waals surface area contributed by atoms with Gasteiger partial charge in [-0.15, -0.1) is 0 Å². The molecule has 0 unspecified atom stereocenters. The summed E-state index contributed by atoms with van der Waals surface area (Å²) in [5, 5.41) is 13.7. The average Bonchev–Trinajstić information content (AvgIpc) is 2.49. The standard InChI is InChI=1S/C15H14FN3O3/c1-2-3-10-4-11(12-5-13(16)8-17-7-12)6-14(19(21)22)15(10)18-9-20/h4-9H,2-3H2,1H3,(H,18,20). The maximum Gasteiger partial charge on any atom is 0.293 e. The molecule has 2 aromatic rings. The van der Waals surface area contributed by atoms with Crippen LogP contribution in [0.4, 0.5) is 15.8 Å². The van der Waals surface area contributed by atoms with Gasteiger partial charge < -0.3 is 5.32 Å². The van der Waals surface area contributed by atoms with Gasteiger partial charge in [0.05, 0.1) is 11.1 Å². The molecule has 0 saturated heterocycles. The van der Waals surface area contributed by atoms with E-state index in [1.807, 2.05) is 6.92 Å². The minimum absolute atomic E-state index is 0.176. The van der Waals surface area contributed by atoms with Crippen molar-refractivity contribution in [2.75, 3.05) is 5.32 Å². The third kappa shape index (κ3) is 3.25. The summed E-state index contributed by atoms with van der Waals surface area (Å²) < 4.78 is 13.3. The van der Waals surface area contributed by atoms with Crippen molar-refractivity contribution in [3.8, 4) is 11.1 Å². The number of hydrogen-bond donors (Lipinski definition) is 1. The molecule has 22 heavy (non-hydrogen) atoms. The second-order valence-corrected chi connectivity index (χ2v) is 4.69. The first-order valence-electron chi connectivity index (χ1n) is 6.69. The first-order chi connectivity index (χ1) is 10.6. The van der Waals surface area contributed by atoms with Gasteiger partial charge in [0.25, 0.3) is 5.69 Å². The highest BCUT2D eigenvalue weighted by Crippen LogP contribution is 2.34. The summed E-state index contributed by atoms with van der Waals surface area (Å²) in [4.78, 5) is 25.2. The maximum atomic E-state index is 13.3. The molecule has 1 heterocycles. The van der Waals surface area contributed by atoms with Gasteiger partial charge in [-0.25, -0.2) is 4.39 Å². The Morgan fingerprint density at radius 2 is 2.09 bits per heavy atom. The third-order valence-corrected chi connectivity index (χ3v) is 3.16. The number of halogens is 1. The molecule has 1 aromatic heterocycles. The highest BCUT2D eigenvalue weighted by atomic mass is 19.1. The number of anilines is 1. The average molecular weight is 303 g/mol. The fourth-order valence-corrected chi connectivity index (χ4v) is 2.26. The number of hydrogen-bond acceptors (Lipinski definition) is 4. The van der Waals surface area contributed by atoms with Crippen LogP contribution >= 0.6 is 0 Å². The monoisotopic (exact) mass is 303 g/mol. The van der Waals surface area contributed by atoms with Gasteiger partial charge in [0.1, 0.15) is 11.5 Å². The number of carbonyl (C=O) groups is 1. The molecule has 0 aliphatic heterocycles. The first-order valence-corrected chi connectivity index (χ1v) is 6.69. The number of pyridine rings is 1. The Morgan fingerprint density at radius 3 is 2.68 bits per heavy atom. The molecule has 0 saturated carbocycles. The molecular formula is C15H14FN3O3. The summed E-state index contributed by atoms with van der Waals surface area (Å²) in [6.45, 7) is 1.92. The Kier molecular flexibility index (Phi) is 4.77. The fraction of sp³-hybridized carbons (Fsp3) is 0.200. The lowest BCUT2D eigenvalue weighted by atomic mass is 9.99. The van der Waals surface area contributed by atoms with Crippen LogP contribution in [0.25, 0.3) is 11.1 Å². The van der Waals surface area contributed by atoms with Crippen LogP contribution < -0.4 is 5.32 Å². The van der Waals surface area contributed by atoms with Crippen molar-refractivity contribution >= 4 is 17.8 Å². The fourth-order valence-electron chi connectivity index (χ4n) is 2.26. The number of amides is 1. The maximum absolute atomic E-state index is 13.3. The number of carbonyl (C=O) groups excluding carboxylic acids is 1. The predicted molar refractivity (Wildman–Crippen MR) is 80.0 cm³/mol.